The molecule has 0 aromatic heterocycles. The second kappa shape index (κ2) is 11.2. The Labute approximate surface area is 223 Å². The first kappa shape index (κ1) is 32.8. The highest BCUT2D eigenvalue weighted by Crippen LogP contribution is 2.51. The molecule has 0 fully saturated rings. The van der Waals surface area contributed by atoms with Crippen LogP contribution in [0.5, 0.6) is 5.75 Å². The maximum absolute atomic E-state index is 14.2. The van der Waals surface area contributed by atoms with Gasteiger partial charge in [-0.15, -0.1) is 0 Å². The summed E-state index contributed by atoms with van der Waals surface area (Å²) in [4.78, 5) is 24.8. The first-order valence-corrected chi connectivity index (χ1v) is 13.7. The van der Waals surface area contributed by atoms with Crippen LogP contribution >= 0.6 is 0 Å². The van der Waals surface area contributed by atoms with Gasteiger partial charge < -0.3 is 14.2 Å². The number of fused-ring (bicyclic) bond motifs is 1. The van der Waals surface area contributed by atoms with Crippen LogP contribution in [-0.2, 0) is 29.8 Å². The number of hydrogen-bond acceptors (Lipinski definition) is 8. The van der Waals surface area contributed by atoms with Crippen molar-refractivity contribution in [2.45, 2.75) is 49.3 Å². The second-order valence-electron chi connectivity index (χ2n) is 8.21. The summed E-state index contributed by atoms with van der Waals surface area (Å²) in [6.45, 7) is 6.55. The van der Waals surface area contributed by atoms with E-state index in [0.717, 1.165) is 18.2 Å². The van der Waals surface area contributed by atoms with Crippen molar-refractivity contribution in [2.24, 2.45) is 0 Å². The maximum Gasteiger partial charge on any atom is 0.450 e. The van der Waals surface area contributed by atoms with Gasteiger partial charge in [0.15, 0.2) is 12.0 Å². The van der Waals surface area contributed by atoms with E-state index >= 15 is 0 Å². The number of halogens is 6. The first-order chi connectivity index (χ1) is 18.1. The summed E-state index contributed by atoms with van der Waals surface area (Å²) in [7, 11) is -14.3. The van der Waals surface area contributed by atoms with Crippen LogP contribution in [0.1, 0.15) is 37.0 Å². The van der Waals surface area contributed by atoms with Crippen molar-refractivity contribution in [1.82, 2.24) is 5.32 Å². The molecule has 2 N–H and O–H groups in total. The molecule has 40 heavy (non-hydrogen) atoms. The third kappa shape index (κ3) is 6.02. The summed E-state index contributed by atoms with van der Waals surface area (Å²) in [5.41, 5.74) is -0.233. The minimum Gasteiger partial charge on any atom is -0.438 e. The van der Waals surface area contributed by atoms with Gasteiger partial charge in [0.05, 0.1) is 5.56 Å². The van der Waals surface area contributed by atoms with Gasteiger partial charge in [-0.3, -0.25) is 9.35 Å². The smallest absolute Gasteiger partial charge is 0.438 e. The lowest BCUT2D eigenvalue weighted by molar-refractivity contribution is -0.247. The van der Waals surface area contributed by atoms with Gasteiger partial charge in [0.2, 0.25) is 5.91 Å². The summed E-state index contributed by atoms with van der Waals surface area (Å²) < 4.78 is 146. The van der Waals surface area contributed by atoms with E-state index in [4.69, 9.17) is 9.29 Å². The monoisotopic (exact) mass is 621 g/mol. The fourth-order valence-electron chi connectivity index (χ4n) is 3.07. The number of carbonyl (C=O) groups is 2. The molecule has 0 saturated carbocycles. The van der Waals surface area contributed by atoms with E-state index in [-0.39, 0.29) is 22.9 Å². The number of hydrogen-bond donors (Lipinski definition) is 2. The summed E-state index contributed by atoms with van der Waals surface area (Å²) in [6.07, 6.45) is -0.559. The minimum atomic E-state index is -7.22. The molecule has 10 nitrogen and oxygen atoms in total. The predicted molar refractivity (Wildman–Crippen MR) is 127 cm³/mol. The number of alkyl halides is 6. The summed E-state index contributed by atoms with van der Waals surface area (Å²) in [5.74, 6) is -10.1. The minimum absolute atomic E-state index is 0.0991. The molecule has 0 bridgehead atoms. The molecular formula is C22H21F6NO9S2. The molecule has 0 aliphatic carbocycles. The van der Waals surface area contributed by atoms with Gasteiger partial charge in [-0.2, -0.15) is 43.2 Å². The van der Waals surface area contributed by atoms with Crippen molar-refractivity contribution in [3.8, 4) is 5.75 Å². The van der Waals surface area contributed by atoms with Crippen LogP contribution in [0.15, 0.2) is 48.6 Å². The van der Waals surface area contributed by atoms with E-state index in [1.807, 2.05) is 0 Å². The fourth-order valence-corrected chi connectivity index (χ4v) is 4.51. The molecular weight excluding hydrogens is 600 g/mol. The average molecular weight is 622 g/mol. The van der Waals surface area contributed by atoms with Crippen LogP contribution in [0.2, 0.25) is 0 Å². The van der Waals surface area contributed by atoms with Crippen molar-refractivity contribution in [3.63, 3.8) is 0 Å². The lowest BCUT2D eigenvalue weighted by atomic mass is 10.0. The Morgan fingerprint density at radius 2 is 1.52 bits per heavy atom. The SMILES string of the molecule is C=C(C)C(=O)NC(CCC)OC(=O)c1ccc(OS(=O)(=O)C(F)(F)C(F)(F)C(F)(F)S(=O)(=O)O)c2ccccc12. The summed E-state index contributed by atoms with van der Waals surface area (Å²) >= 11 is 0. The number of esters is 1. The highest BCUT2D eigenvalue weighted by atomic mass is 32.2. The van der Waals surface area contributed by atoms with Gasteiger partial charge in [0, 0.05) is 17.4 Å². The normalized spacial score (nSPS) is 13.9. The molecule has 0 aliphatic heterocycles. The van der Waals surface area contributed by atoms with Gasteiger partial charge in [-0.25, -0.2) is 4.79 Å². The van der Waals surface area contributed by atoms with Crippen LogP contribution in [0.4, 0.5) is 26.3 Å². The number of amides is 1. The molecule has 1 atom stereocenters. The van der Waals surface area contributed by atoms with Crippen LogP contribution in [0, 0.1) is 0 Å². The molecule has 0 heterocycles. The van der Waals surface area contributed by atoms with Gasteiger partial charge in [-0.05, 0) is 24.4 Å². The third-order valence-corrected chi connectivity index (χ3v) is 7.34. The Balaban J connectivity index is 2.52. The highest BCUT2D eigenvalue weighted by Gasteiger charge is 2.83. The largest absolute Gasteiger partial charge is 0.450 e. The summed E-state index contributed by atoms with van der Waals surface area (Å²) in [5, 5.41) is -12.1. The lowest BCUT2D eigenvalue weighted by Gasteiger charge is -2.29. The summed E-state index contributed by atoms with van der Waals surface area (Å²) in [6, 6.07) is 5.94. The zero-order valence-electron chi connectivity index (χ0n) is 20.5. The second-order valence-corrected chi connectivity index (χ2v) is 11.3. The molecule has 1 unspecified atom stereocenters. The fraction of sp³-hybridized carbons (Fsp3) is 0.364. The number of rotatable bonds is 12. The molecule has 0 saturated heterocycles. The predicted octanol–water partition coefficient (Wildman–Crippen LogP) is 4.23. The molecule has 2 aromatic rings. The van der Waals surface area contributed by atoms with E-state index in [9.17, 15) is 52.8 Å². The Hall–Kier alpha value is -3.38. The van der Waals surface area contributed by atoms with Crippen molar-refractivity contribution in [3.05, 3.63) is 54.1 Å². The van der Waals surface area contributed by atoms with Gasteiger partial charge in [0.25, 0.3) is 0 Å². The Morgan fingerprint density at radius 1 is 0.975 bits per heavy atom. The lowest BCUT2D eigenvalue weighted by Crippen LogP contribution is -2.61. The standard InChI is InChI=1S/C22H21F6NO9S2/c1-4-7-17(29-18(30)12(2)3)37-19(31)15-10-11-16(14-9-6-5-8-13(14)15)38-40(35,36)22(27,28)20(23,24)21(25,26)39(32,33)34/h5-6,8-11,17H,2,4,7H2,1,3H3,(H,29,30)(H,32,33,34). The highest BCUT2D eigenvalue weighted by molar-refractivity contribution is 7.88. The Kier molecular flexibility index (Phi) is 9.23. The number of carbonyl (C=O) groups excluding carboxylic acids is 2. The third-order valence-electron chi connectivity index (χ3n) is 5.15. The maximum atomic E-state index is 14.2. The number of benzene rings is 2. The van der Waals surface area contributed by atoms with Gasteiger partial charge >= 0.3 is 42.6 Å². The Bertz CT molecular complexity index is 1540. The van der Waals surface area contributed by atoms with Gasteiger partial charge in [0.1, 0.15) is 0 Å². The molecule has 2 rings (SSSR count). The molecule has 2 aromatic carbocycles. The molecule has 1 amide bonds. The molecule has 0 aliphatic rings. The van der Waals surface area contributed by atoms with Crippen molar-refractivity contribution in [1.29, 1.82) is 0 Å². The molecule has 0 radical (unpaired) electrons. The van der Waals surface area contributed by atoms with Crippen molar-refractivity contribution < 1.29 is 66.2 Å². The van der Waals surface area contributed by atoms with Crippen LogP contribution in [0.3, 0.4) is 0 Å². The van der Waals surface area contributed by atoms with E-state index in [0.29, 0.717) is 12.5 Å². The topological polar surface area (TPSA) is 153 Å². The van der Waals surface area contributed by atoms with E-state index in [1.165, 1.54) is 19.1 Å². The zero-order valence-corrected chi connectivity index (χ0v) is 22.1. The van der Waals surface area contributed by atoms with E-state index < -0.39 is 65.9 Å². The van der Waals surface area contributed by atoms with Crippen LogP contribution < -0.4 is 9.50 Å². The van der Waals surface area contributed by atoms with Crippen molar-refractivity contribution in [2.75, 3.05) is 0 Å². The van der Waals surface area contributed by atoms with Crippen LogP contribution in [-0.4, -0.2) is 55.9 Å². The molecule has 0 spiro atoms. The number of ether oxygens (including phenoxy) is 1. The van der Waals surface area contributed by atoms with E-state index in [1.54, 1.807) is 6.92 Å². The first-order valence-electron chi connectivity index (χ1n) is 10.9. The average Bonchev–Trinajstić information content (AvgIpc) is 2.82. The Morgan fingerprint density at radius 3 is 2.02 bits per heavy atom. The quantitative estimate of drug-likeness (QED) is 0.0885. The van der Waals surface area contributed by atoms with Gasteiger partial charge in [-0.1, -0.05) is 44.2 Å². The zero-order chi connectivity index (χ0) is 30.9. The van der Waals surface area contributed by atoms with Crippen LogP contribution in [0.25, 0.3) is 10.8 Å². The molecule has 18 heteroatoms. The van der Waals surface area contributed by atoms with Crippen molar-refractivity contribution >= 4 is 42.9 Å². The molecule has 222 valence electrons. The number of nitrogens with one attached hydrogen (secondary N) is 1. The van der Waals surface area contributed by atoms with E-state index in [2.05, 4.69) is 16.1 Å².